The van der Waals surface area contributed by atoms with Crippen molar-refractivity contribution >= 4 is 11.6 Å². The maximum atomic E-state index is 11.4. The monoisotopic (exact) mass is 247 g/mol. The van der Waals surface area contributed by atoms with Gasteiger partial charge in [0.2, 0.25) is 5.56 Å². The summed E-state index contributed by atoms with van der Waals surface area (Å²) in [7, 11) is 0. The van der Waals surface area contributed by atoms with Gasteiger partial charge in [0.05, 0.1) is 0 Å². The summed E-state index contributed by atoms with van der Waals surface area (Å²) in [6, 6.07) is 7.44. The van der Waals surface area contributed by atoms with Gasteiger partial charge >= 0.3 is 0 Å². The van der Waals surface area contributed by atoms with Crippen molar-refractivity contribution < 1.29 is 0 Å². The molecule has 2 rings (SSSR count). The number of pyridine rings is 1. The Morgan fingerprint density at radius 1 is 1.06 bits per heavy atom. The molecule has 1 aromatic carbocycles. The van der Waals surface area contributed by atoms with Crippen molar-refractivity contribution in [2.75, 3.05) is 0 Å². The van der Waals surface area contributed by atoms with Crippen LogP contribution < -0.4 is 5.56 Å². The van der Waals surface area contributed by atoms with E-state index in [1.807, 2.05) is 6.07 Å². The van der Waals surface area contributed by atoms with Crippen LogP contribution in [0.2, 0.25) is 5.15 Å². The van der Waals surface area contributed by atoms with Crippen molar-refractivity contribution in [1.29, 1.82) is 0 Å². The van der Waals surface area contributed by atoms with Crippen molar-refractivity contribution in [3.63, 3.8) is 0 Å². The Kier molecular flexibility index (Phi) is 3.07. The summed E-state index contributed by atoms with van der Waals surface area (Å²) in [5.74, 6) is 0. The molecule has 0 saturated carbocycles. The van der Waals surface area contributed by atoms with E-state index in [0.717, 1.165) is 11.1 Å². The normalized spacial score (nSPS) is 10.6. The van der Waals surface area contributed by atoms with Gasteiger partial charge in [-0.05, 0) is 54.7 Å². The molecule has 1 heterocycles. The van der Waals surface area contributed by atoms with Gasteiger partial charge in [-0.25, -0.2) is 0 Å². The van der Waals surface area contributed by atoms with Gasteiger partial charge in [-0.15, -0.1) is 0 Å². The second-order valence-corrected chi connectivity index (χ2v) is 4.67. The number of nitrogens with one attached hydrogen (secondary N) is 1. The molecule has 0 bridgehead atoms. The molecule has 1 N–H and O–H groups in total. The van der Waals surface area contributed by atoms with E-state index in [9.17, 15) is 4.79 Å². The number of hydrogen-bond acceptors (Lipinski definition) is 1. The van der Waals surface area contributed by atoms with Crippen LogP contribution in [0.4, 0.5) is 0 Å². The van der Waals surface area contributed by atoms with E-state index in [4.69, 9.17) is 11.6 Å². The molecule has 2 nitrogen and oxygen atoms in total. The third kappa shape index (κ3) is 2.27. The Hall–Kier alpha value is -1.54. The van der Waals surface area contributed by atoms with E-state index in [-0.39, 0.29) is 5.56 Å². The topological polar surface area (TPSA) is 32.9 Å². The Bertz CT molecular complexity index is 629. The van der Waals surface area contributed by atoms with Crippen molar-refractivity contribution in [2.24, 2.45) is 0 Å². The van der Waals surface area contributed by atoms with E-state index in [1.54, 1.807) is 12.1 Å². The minimum Gasteiger partial charge on any atom is -0.313 e. The standard InChI is InChI=1S/C14H14ClNO/c1-8-4-5-12(10(3)9(8)2)11-6-13(15)16-14(17)7-11/h4-7H,1-3H3,(H,16,17). The molecule has 0 spiro atoms. The lowest BCUT2D eigenvalue weighted by atomic mass is 9.95. The molecule has 0 amide bonds. The molecule has 0 unspecified atom stereocenters. The van der Waals surface area contributed by atoms with Gasteiger partial charge in [-0.1, -0.05) is 23.7 Å². The molecule has 0 radical (unpaired) electrons. The Morgan fingerprint density at radius 2 is 1.76 bits per heavy atom. The highest BCUT2D eigenvalue weighted by Crippen LogP contribution is 2.27. The van der Waals surface area contributed by atoms with E-state index in [2.05, 4.69) is 31.8 Å². The van der Waals surface area contributed by atoms with Gasteiger partial charge in [0.25, 0.3) is 0 Å². The Balaban J connectivity index is 2.69. The Morgan fingerprint density at radius 3 is 2.41 bits per heavy atom. The van der Waals surface area contributed by atoms with Gasteiger partial charge < -0.3 is 4.98 Å². The Labute approximate surface area is 105 Å². The van der Waals surface area contributed by atoms with E-state index < -0.39 is 0 Å². The molecule has 0 aliphatic rings. The third-order valence-corrected chi connectivity index (χ3v) is 3.38. The van der Waals surface area contributed by atoms with Crippen molar-refractivity contribution in [1.82, 2.24) is 4.98 Å². The minimum atomic E-state index is -0.176. The third-order valence-electron chi connectivity index (χ3n) is 3.18. The van der Waals surface area contributed by atoms with Gasteiger partial charge in [0, 0.05) is 6.07 Å². The maximum Gasteiger partial charge on any atom is 0.249 e. The van der Waals surface area contributed by atoms with E-state index >= 15 is 0 Å². The molecular formula is C14H14ClNO. The van der Waals surface area contributed by atoms with Gasteiger partial charge in [0.15, 0.2) is 0 Å². The molecule has 0 fully saturated rings. The summed E-state index contributed by atoms with van der Waals surface area (Å²) in [5, 5.41) is 0.366. The fourth-order valence-electron chi connectivity index (χ4n) is 1.93. The molecule has 0 atom stereocenters. The average molecular weight is 248 g/mol. The molecule has 1 aromatic heterocycles. The summed E-state index contributed by atoms with van der Waals surface area (Å²) in [6.07, 6.45) is 0. The van der Waals surface area contributed by atoms with Crippen LogP contribution in [0.3, 0.4) is 0 Å². The van der Waals surface area contributed by atoms with Crippen molar-refractivity contribution in [3.05, 3.63) is 56.5 Å². The zero-order chi connectivity index (χ0) is 12.6. The van der Waals surface area contributed by atoms with Crippen LogP contribution >= 0.6 is 11.6 Å². The lowest BCUT2D eigenvalue weighted by Gasteiger charge is -2.11. The molecule has 2 aromatic rings. The smallest absolute Gasteiger partial charge is 0.249 e. The highest BCUT2D eigenvalue weighted by atomic mass is 35.5. The first-order valence-electron chi connectivity index (χ1n) is 5.46. The van der Waals surface area contributed by atoms with Gasteiger partial charge in [0.1, 0.15) is 5.15 Å². The zero-order valence-electron chi connectivity index (χ0n) is 10.1. The highest BCUT2D eigenvalue weighted by Gasteiger charge is 2.07. The fraction of sp³-hybridized carbons (Fsp3) is 0.214. The molecule has 0 aliphatic heterocycles. The highest BCUT2D eigenvalue weighted by molar-refractivity contribution is 6.29. The summed E-state index contributed by atoms with van der Waals surface area (Å²) < 4.78 is 0. The first-order chi connectivity index (χ1) is 7.99. The number of H-pyrrole nitrogens is 1. The summed E-state index contributed by atoms with van der Waals surface area (Å²) in [6.45, 7) is 6.23. The number of rotatable bonds is 1. The summed E-state index contributed by atoms with van der Waals surface area (Å²) in [5.41, 5.74) is 5.43. The van der Waals surface area contributed by atoms with Crippen LogP contribution in [-0.4, -0.2) is 4.98 Å². The summed E-state index contributed by atoms with van der Waals surface area (Å²) in [4.78, 5) is 13.9. The first kappa shape index (κ1) is 11.9. The average Bonchev–Trinajstić information content (AvgIpc) is 2.24. The van der Waals surface area contributed by atoms with Gasteiger partial charge in [-0.3, -0.25) is 4.79 Å². The van der Waals surface area contributed by atoms with Crippen LogP contribution in [0.1, 0.15) is 16.7 Å². The zero-order valence-corrected chi connectivity index (χ0v) is 10.9. The second kappa shape index (κ2) is 4.38. The lowest BCUT2D eigenvalue weighted by Crippen LogP contribution is -2.04. The molecule has 17 heavy (non-hydrogen) atoms. The summed E-state index contributed by atoms with van der Waals surface area (Å²) >= 11 is 5.87. The van der Waals surface area contributed by atoms with Crippen molar-refractivity contribution in [2.45, 2.75) is 20.8 Å². The van der Waals surface area contributed by atoms with Crippen LogP contribution in [0.25, 0.3) is 11.1 Å². The molecule has 0 saturated heterocycles. The largest absolute Gasteiger partial charge is 0.313 e. The SMILES string of the molecule is Cc1ccc(-c2cc(Cl)[nH]c(=O)c2)c(C)c1C. The second-order valence-electron chi connectivity index (χ2n) is 4.26. The van der Waals surface area contributed by atoms with Crippen LogP contribution in [0, 0.1) is 20.8 Å². The molecule has 3 heteroatoms. The molecule has 0 aliphatic carbocycles. The molecule has 88 valence electrons. The van der Waals surface area contributed by atoms with E-state index in [0.29, 0.717) is 5.15 Å². The number of halogens is 1. The first-order valence-corrected chi connectivity index (χ1v) is 5.84. The quantitative estimate of drug-likeness (QED) is 0.767. The number of benzene rings is 1. The predicted octanol–water partition coefficient (Wildman–Crippen LogP) is 3.62. The lowest BCUT2D eigenvalue weighted by molar-refractivity contribution is 1.23. The number of hydrogen-bond donors (Lipinski definition) is 1. The number of aromatic amines is 1. The van der Waals surface area contributed by atoms with Crippen LogP contribution in [0.5, 0.6) is 0 Å². The number of aryl methyl sites for hydroxylation is 1. The van der Waals surface area contributed by atoms with Crippen LogP contribution in [-0.2, 0) is 0 Å². The fourth-order valence-corrected chi connectivity index (χ4v) is 2.14. The van der Waals surface area contributed by atoms with Gasteiger partial charge in [-0.2, -0.15) is 0 Å². The van der Waals surface area contributed by atoms with Crippen LogP contribution in [0.15, 0.2) is 29.1 Å². The minimum absolute atomic E-state index is 0.176. The van der Waals surface area contributed by atoms with Crippen molar-refractivity contribution in [3.8, 4) is 11.1 Å². The predicted molar refractivity (Wildman–Crippen MR) is 71.7 cm³/mol. The molecular weight excluding hydrogens is 234 g/mol. The van der Waals surface area contributed by atoms with E-state index in [1.165, 1.54) is 16.7 Å². The maximum absolute atomic E-state index is 11.4. The number of aromatic nitrogens is 1.